The Labute approximate surface area is 117 Å². The van der Waals surface area contributed by atoms with Gasteiger partial charge in [-0.2, -0.15) is 0 Å². The van der Waals surface area contributed by atoms with Crippen molar-refractivity contribution >= 4 is 17.9 Å². The number of urea groups is 1. The van der Waals surface area contributed by atoms with E-state index in [-0.39, 0.29) is 6.54 Å². The predicted molar refractivity (Wildman–Crippen MR) is 70.7 cm³/mol. The molecule has 0 saturated heterocycles. The van der Waals surface area contributed by atoms with Crippen LogP contribution in [0.1, 0.15) is 25.7 Å². The summed E-state index contributed by atoms with van der Waals surface area (Å²) in [5.41, 5.74) is 5.03. The third-order valence-electron chi connectivity index (χ3n) is 3.90. The van der Waals surface area contributed by atoms with E-state index in [4.69, 9.17) is 10.8 Å². The summed E-state index contributed by atoms with van der Waals surface area (Å²) in [5.74, 6) is 0.0163. The number of nitrogens with two attached hydrogens (primary N) is 1. The number of carbonyl (C=O) groups excluding carboxylic acids is 2. The van der Waals surface area contributed by atoms with Crippen LogP contribution >= 0.6 is 0 Å². The third-order valence-corrected chi connectivity index (χ3v) is 3.90. The molecule has 2 rings (SSSR count). The molecule has 0 bridgehead atoms. The number of nitrogens with zero attached hydrogens (tertiary/aromatic N) is 1. The molecule has 0 heterocycles. The van der Waals surface area contributed by atoms with Crippen LogP contribution in [0.15, 0.2) is 0 Å². The summed E-state index contributed by atoms with van der Waals surface area (Å²) in [5, 5.41) is 11.5. The fourth-order valence-electron chi connectivity index (χ4n) is 2.63. The number of carbonyl (C=O) groups is 3. The van der Waals surface area contributed by atoms with Gasteiger partial charge in [0.1, 0.15) is 13.1 Å². The van der Waals surface area contributed by atoms with E-state index in [0.717, 1.165) is 4.90 Å². The van der Waals surface area contributed by atoms with Crippen LogP contribution in [0.2, 0.25) is 0 Å². The molecule has 4 N–H and O–H groups in total. The van der Waals surface area contributed by atoms with E-state index in [2.05, 4.69) is 5.32 Å². The highest BCUT2D eigenvalue weighted by Crippen LogP contribution is 2.48. The Bertz CT molecular complexity index is 376. The Morgan fingerprint density at radius 2 is 1.70 bits per heavy atom. The van der Waals surface area contributed by atoms with E-state index in [0.29, 0.717) is 24.3 Å². The molecule has 112 valence electrons. The van der Waals surface area contributed by atoms with Crippen molar-refractivity contribution in [2.24, 2.45) is 23.5 Å². The smallest absolute Gasteiger partial charge is 0.323 e. The number of rotatable bonds is 8. The van der Waals surface area contributed by atoms with Gasteiger partial charge in [-0.05, 0) is 43.4 Å². The number of carboxylic acid groups (broad SMARTS) is 1. The maximum Gasteiger partial charge on any atom is 0.323 e. The minimum absolute atomic E-state index is 0.379. The second kappa shape index (κ2) is 6.11. The summed E-state index contributed by atoms with van der Waals surface area (Å²) in [4.78, 5) is 34.5. The maximum atomic E-state index is 11.9. The molecular weight excluding hydrogens is 262 g/mol. The number of primary amides is 1. The van der Waals surface area contributed by atoms with Crippen LogP contribution in [-0.4, -0.2) is 47.5 Å². The van der Waals surface area contributed by atoms with E-state index in [1.165, 1.54) is 25.7 Å². The molecule has 3 amide bonds. The number of nitrogens with one attached hydrogen (secondary N) is 1. The van der Waals surface area contributed by atoms with Gasteiger partial charge in [0.05, 0.1) is 0 Å². The van der Waals surface area contributed by atoms with Gasteiger partial charge in [-0.3, -0.25) is 9.59 Å². The van der Waals surface area contributed by atoms with Gasteiger partial charge >= 0.3 is 12.0 Å². The molecule has 0 aromatic heterocycles. The van der Waals surface area contributed by atoms with Crippen molar-refractivity contribution < 1.29 is 19.5 Å². The van der Waals surface area contributed by atoms with Crippen LogP contribution in [0, 0.1) is 17.8 Å². The average molecular weight is 283 g/mol. The summed E-state index contributed by atoms with van der Waals surface area (Å²) in [7, 11) is 0. The van der Waals surface area contributed by atoms with E-state index in [1.54, 1.807) is 0 Å². The lowest BCUT2D eigenvalue weighted by molar-refractivity contribution is -0.137. The molecule has 0 aromatic carbocycles. The molecular formula is C13H21N3O4. The summed E-state index contributed by atoms with van der Waals surface area (Å²) in [6, 6.07) is -0.530. The van der Waals surface area contributed by atoms with Gasteiger partial charge in [-0.15, -0.1) is 0 Å². The first-order valence-electron chi connectivity index (χ1n) is 7.00. The second-order valence-corrected chi connectivity index (χ2v) is 5.74. The lowest BCUT2D eigenvalue weighted by Gasteiger charge is -2.22. The monoisotopic (exact) mass is 283 g/mol. The Hall–Kier alpha value is -1.79. The van der Waals surface area contributed by atoms with Crippen molar-refractivity contribution in [2.45, 2.75) is 25.7 Å². The standard InChI is InChI=1S/C13H21N3O4/c14-11(17)6-16(7-12(18)19)13(20)15-5-10(8-1-2-8)9-3-4-9/h8-10H,1-7H2,(H2,14,17)(H,15,20)(H,18,19). The fourth-order valence-corrected chi connectivity index (χ4v) is 2.63. The van der Waals surface area contributed by atoms with Crippen LogP contribution in [0.3, 0.4) is 0 Å². The van der Waals surface area contributed by atoms with Crippen molar-refractivity contribution in [3.05, 3.63) is 0 Å². The predicted octanol–water partition coefficient (Wildman–Crippen LogP) is 0.00410. The van der Waals surface area contributed by atoms with E-state index in [9.17, 15) is 14.4 Å². The van der Waals surface area contributed by atoms with E-state index in [1.807, 2.05) is 0 Å². The van der Waals surface area contributed by atoms with Crippen molar-refractivity contribution in [3.63, 3.8) is 0 Å². The van der Waals surface area contributed by atoms with Gasteiger partial charge in [0.25, 0.3) is 0 Å². The highest BCUT2D eigenvalue weighted by molar-refractivity contribution is 5.85. The van der Waals surface area contributed by atoms with Crippen molar-refractivity contribution in [1.82, 2.24) is 10.2 Å². The molecule has 7 heteroatoms. The lowest BCUT2D eigenvalue weighted by Crippen LogP contribution is -2.47. The normalized spacial score (nSPS) is 17.9. The highest BCUT2D eigenvalue weighted by atomic mass is 16.4. The Morgan fingerprint density at radius 1 is 1.15 bits per heavy atom. The summed E-state index contributed by atoms with van der Waals surface area (Å²) >= 11 is 0. The quantitative estimate of drug-likeness (QED) is 0.582. The zero-order valence-electron chi connectivity index (χ0n) is 11.4. The molecule has 0 unspecified atom stereocenters. The third kappa shape index (κ3) is 4.40. The fraction of sp³-hybridized carbons (Fsp3) is 0.769. The Morgan fingerprint density at radius 3 is 2.10 bits per heavy atom. The van der Waals surface area contributed by atoms with Gasteiger partial charge in [0.2, 0.25) is 5.91 Å². The number of amides is 3. The molecule has 0 spiro atoms. The first-order valence-corrected chi connectivity index (χ1v) is 7.00. The molecule has 2 aliphatic carbocycles. The minimum Gasteiger partial charge on any atom is -0.480 e. The molecule has 0 radical (unpaired) electrons. The topological polar surface area (TPSA) is 113 Å². The molecule has 0 aliphatic heterocycles. The van der Waals surface area contributed by atoms with Crippen LogP contribution in [0.5, 0.6) is 0 Å². The first kappa shape index (κ1) is 14.6. The van der Waals surface area contributed by atoms with Gasteiger partial charge in [0, 0.05) is 6.54 Å². The van der Waals surface area contributed by atoms with Gasteiger partial charge in [-0.25, -0.2) is 4.79 Å². The number of hydrogen-bond acceptors (Lipinski definition) is 3. The molecule has 20 heavy (non-hydrogen) atoms. The lowest BCUT2D eigenvalue weighted by atomic mass is 9.98. The number of hydrogen-bond donors (Lipinski definition) is 3. The largest absolute Gasteiger partial charge is 0.480 e. The maximum absolute atomic E-state index is 11.9. The molecule has 2 fully saturated rings. The number of carboxylic acids is 1. The molecule has 0 atom stereocenters. The van der Waals surface area contributed by atoms with Gasteiger partial charge in [0.15, 0.2) is 0 Å². The van der Waals surface area contributed by atoms with Gasteiger partial charge in [-0.1, -0.05) is 0 Å². The SMILES string of the molecule is NC(=O)CN(CC(=O)O)C(=O)NCC(C1CC1)C1CC1. The summed E-state index contributed by atoms with van der Waals surface area (Å²) in [6.45, 7) is -0.342. The Balaban J connectivity index is 1.83. The summed E-state index contributed by atoms with van der Waals surface area (Å²) < 4.78 is 0. The van der Waals surface area contributed by atoms with Crippen LogP contribution in [0.4, 0.5) is 4.79 Å². The van der Waals surface area contributed by atoms with E-state index < -0.39 is 24.5 Å². The Kier molecular flexibility index (Phi) is 4.46. The number of aliphatic carboxylic acids is 1. The zero-order valence-corrected chi connectivity index (χ0v) is 11.4. The highest BCUT2D eigenvalue weighted by Gasteiger charge is 2.41. The van der Waals surface area contributed by atoms with Gasteiger partial charge < -0.3 is 21.1 Å². The van der Waals surface area contributed by atoms with Crippen molar-refractivity contribution in [1.29, 1.82) is 0 Å². The zero-order chi connectivity index (χ0) is 14.7. The molecule has 0 aromatic rings. The molecule has 7 nitrogen and oxygen atoms in total. The molecule has 2 saturated carbocycles. The van der Waals surface area contributed by atoms with Crippen molar-refractivity contribution in [3.8, 4) is 0 Å². The van der Waals surface area contributed by atoms with E-state index >= 15 is 0 Å². The first-order chi connectivity index (χ1) is 9.47. The minimum atomic E-state index is -1.16. The van der Waals surface area contributed by atoms with Crippen LogP contribution < -0.4 is 11.1 Å². The molecule has 2 aliphatic rings. The van der Waals surface area contributed by atoms with Crippen LogP contribution in [-0.2, 0) is 9.59 Å². The van der Waals surface area contributed by atoms with Crippen LogP contribution in [0.25, 0.3) is 0 Å². The van der Waals surface area contributed by atoms with Crippen molar-refractivity contribution in [2.75, 3.05) is 19.6 Å². The summed E-state index contributed by atoms with van der Waals surface area (Å²) in [6.07, 6.45) is 4.88. The second-order valence-electron chi connectivity index (χ2n) is 5.74. The average Bonchev–Trinajstić information content (AvgIpc) is 3.21.